The van der Waals surface area contributed by atoms with Crippen LogP contribution in [0.5, 0.6) is 0 Å². The van der Waals surface area contributed by atoms with E-state index in [1.165, 1.54) is 29.5 Å². The number of hydrogen-bond donors (Lipinski definition) is 1. The van der Waals surface area contributed by atoms with Crippen LogP contribution in [0, 0.1) is 13.8 Å². The minimum absolute atomic E-state index is 0.628. The average Bonchev–Trinajstić information content (AvgIpc) is 3.10. The number of rotatable bonds is 6. The van der Waals surface area contributed by atoms with E-state index in [-0.39, 0.29) is 0 Å². The van der Waals surface area contributed by atoms with Gasteiger partial charge in [0.25, 0.3) is 0 Å². The summed E-state index contributed by atoms with van der Waals surface area (Å²) in [6.45, 7) is 8.69. The lowest BCUT2D eigenvalue weighted by Gasteiger charge is -2.24. The van der Waals surface area contributed by atoms with Gasteiger partial charge in [-0.3, -0.25) is 4.90 Å². The zero-order valence-corrected chi connectivity index (χ0v) is 12.2. The summed E-state index contributed by atoms with van der Waals surface area (Å²) in [5.74, 6) is 0. The monoisotopic (exact) mass is 246 g/mol. The zero-order chi connectivity index (χ0) is 13.1. The maximum atomic E-state index is 3.58. The Hall–Kier alpha value is -0.860. The molecule has 2 nitrogen and oxygen atoms in total. The molecule has 1 aliphatic rings. The second-order valence-electron chi connectivity index (χ2n) is 5.87. The Morgan fingerprint density at radius 2 is 1.83 bits per heavy atom. The van der Waals surface area contributed by atoms with E-state index < -0.39 is 0 Å². The van der Waals surface area contributed by atoms with E-state index >= 15 is 0 Å². The quantitative estimate of drug-likeness (QED) is 0.830. The molecule has 1 N–H and O–H groups in total. The standard InChI is InChI=1S/C16H26N2/c1-12-7-13(2)9-15(8-12)11-17-10-14(3)18(4)16-5-6-16/h7-9,14,16-17H,5-6,10-11H2,1-4H3. The van der Waals surface area contributed by atoms with Gasteiger partial charge >= 0.3 is 0 Å². The molecular formula is C16H26N2. The van der Waals surface area contributed by atoms with Gasteiger partial charge in [0.15, 0.2) is 0 Å². The molecule has 1 aromatic carbocycles. The van der Waals surface area contributed by atoms with E-state index in [4.69, 9.17) is 0 Å². The van der Waals surface area contributed by atoms with Crippen LogP contribution in [-0.4, -0.2) is 30.6 Å². The largest absolute Gasteiger partial charge is 0.311 e. The third-order valence-corrected chi connectivity index (χ3v) is 3.87. The summed E-state index contributed by atoms with van der Waals surface area (Å²) in [7, 11) is 2.25. The van der Waals surface area contributed by atoms with Crippen molar-refractivity contribution in [3.63, 3.8) is 0 Å². The third-order valence-electron chi connectivity index (χ3n) is 3.87. The molecule has 0 heterocycles. The fourth-order valence-corrected chi connectivity index (χ4v) is 2.58. The van der Waals surface area contributed by atoms with Crippen LogP contribution in [0.4, 0.5) is 0 Å². The van der Waals surface area contributed by atoms with Crippen molar-refractivity contribution in [2.75, 3.05) is 13.6 Å². The molecular weight excluding hydrogens is 220 g/mol. The first-order valence-electron chi connectivity index (χ1n) is 7.06. The Morgan fingerprint density at radius 3 is 2.39 bits per heavy atom. The van der Waals surface area contributed by atoms with Crippen molar-refractivity contribution in [1.82, 2.24) is 10.2 Å². The third kappa shape index (κ3) is 3.82. The number of nitrogens with one attached hydrogen (secondary N) is 1. The molecule has 1 fully saturated rings. The van der Waals surface area contributed by atoms with Gasteiger partial charge in [-0.2, -0.15) is 0 Å². The molecule has 2 heteroatoms. The Labute approximate surface area is 111 Å². The van der Waals surface area contributed by atoms with Crippen molar-refractivity contribution >= 4 is 0 Å². The smallest absolute Gasteiger partial charge is 0.0206 e. The van der Waals surface area contributed by atoms with Crippen LogP contribution in [0.25, 0.3) is 0 Å². The van der Waals surface area contributed by atoms with E-state index in [1.807, 2.05) is 0 Å². The number of aryl methyl sites for hydroxylation is 2. The molecule has 2 rings (SSSR count). The van der Waals surface area contributed by atoms with E-state index in [2.05, 4.69) is 56.2 Å². The normalized spacial score (nSPS) is 17.2. The van der Waals surface area contributed by atoms with E-state index in [0.717, 1.165) is 19.1 Å². The second-order valence-corrected chi connectivity index (χ2v) is 5.87. The lowest BCUT2D eigenvalue weighted by molar-refractivity contribution is 0.241. The second kappa shape index (κ2) is 5.85. The minimum Gasteiger partial charge on any atom is -0.311 e. The van der Waals surface area contributed by atoms with Gasteiger partial charge in [0.1, 0.15) is 0 Å². The molecule has 18 heavy (non-hydrogen) atoms. The van der Waals surface area contributed by atoms with Crippen molar-refractivity contribution in [2.24, 2.45) is 0 Å². The van der Waals surface area contributed by atoms with Crippen molar-refractivity contribution < 1.29 is 0 Å². The van der Waals surface area contributed by atoms with Crippen LogP contribution >= 0.6 is 0 Å². The molecule has 0 saturated heterocycles. The van der Waals surface area contributed by atoms with Gasteiger partial charge in [0.2, 0.25) is 0 Å². The highest BCUT2D eigenvalue weighted by Gasteiger charge is 2.28. The van der Waals surface area contributed by atoms with Gasteiger partial charge in [0.05, 0.1) is 0 Å². The summed E-state index contributed by atoms with van der Waals surface area (Å²) in [4.78, 5) is 2.51. The molecule has 0 aliphatic heterocycles. The highest BCUT2D eigenvalue weighted by molar-refractivity contribution is 5.28. The van der Waals surface area contributed by atoms with E-state index in [0.29, 0.717) is 6.04 Å². The topological polar surface area (TPSA) is 15.3 Å². The van der Waals surface area contributed by atoms with Crippen LogP contribution in [0.3, 0.4) is 0 Å². The molecule has 100 valence electrons. The summed E-state index contributed by atoms with van der Waals surface area (Å²) in [5, 5.41) is 3.58. The Bertz CT molecular complexity index is 376. The number of benzene rings is 1. The zero-order valence-electron chi connectivity index (χ0n) is 12.2. The molecule has 0 amide bonds. The number of likely N-dealkylation sites (N-methyl/N-ethyl adjacent to an activating group) is 1. The van der Waals surface area contributed by atoms with Gasteiger partial charge < -0.3 is 5.32 Å². The number of nitrogens with zero attached hydrogens (tertiary/aromatic N) is 1. The van der Waals surface area contributed by atoms with Crippen molar-refractivity contribution in [1.29, 1.82) is 0 Å². The van der Waals surface area contributed by atoms with Crippen molar-refractivity contribution in [2.45, 2.75) is 52.2 Å². The molecule has 0 aromatic heterocycles. The van der Waals surface area contributed by atoms with E-state index in [9.17, 15) is 0 Å². The lowest BCUT2D eigenvalue weighted by Crippen LogP contribution is -2.38. The molecule has 0 radical (unpaired) electrons. The van der Waals surface area contributed by atoms with Gasteiger partial charge in [-0.15, -0.1) is 0 Å². The van der Waals surface area contributed by atoms with Gasteiger partial charge in [0, 0.05) is 25.2 Å². The van der Waals surface area contributed by atoms with Crippen molar-refractivity contribution in [3.05, 3.63) is 34.9 Å². The van der Waals surface area contributed by atoms with Crippen LogP contribution in [-0.2, 0) is 6.54 Å². The summed E-state index contributed by atoms with van der Waals surface area (Å²) < 4.78 is 0. The van der Waals surface area contributed by atoms with Crippen LogP contribution in [0.2, 0.25) is 0 Å². The predicted molar refractivity (Wildman–Crippen MR) is 77.9 cm³/mol. The molecule has 1 atom stereocenters. The summed E-state index contributed by atoms with van der Waals surface area (Å²) in [6.07, 6.45) is 2.77. The lowest BCUT2D eigenvalue weighted by atomic mass is 10.1. The molecule has 1 aromatic rings. The summed E-state index contributed by atoms with van der Waals surface area (Å²) in [5.41, 5.74) is 4.11. The first kappa shape index (κ1) is 13.6. The maximum Gasteiger partial charge on any atom is 0.0206 e. The summed E-state index contributed by atoms with van der Waals surface area (Å²) >= 11 is 0. The van der Waals surface area contributed by atoms with Crippen LogP contribution < -0.4 is 5.32 Å². The Balaban J connectivity index is 1.77. The maximum absolute atomic E-state index is 3.58. The minimum atomic E-state index is 0.628. The molecule has 1 aliphatic carbocycles. The predicted octanol–water partition coefficient (Wildman–Crippen LogP) is 2.88. The highest BCUT2D eigenvalue weighted by atomic mass is 15.2. The SMILES string of the molecule is Cc1cc(C)cc(CNCC(C)N(C)C2CC2)c1. The van der Waals surface area contributed by atoms with Crippen LogP contribution in [0.15, 0.2) is 18.2 Å². The average molecular weight is 246 g/mol. The number of hydrogen-bond acceptors (Lipinski definition) is 2. The Kier molecular flexibility index (Phi) is 4.41. The first-order chi connectivity index (χ1) is 8.56. The fraction of sp³-hybridized carbons (Fsp3) is 0.625. The molecule has 0 bridgehead atoms. The summed E-state index contributed by atoms with van der Waals surface area (Å²) in [6, 6.07) is 8.25. The fourth-order valence-electron chi connectivity index (χ4n) is 2.58. The van der Waals surface area contributed by atoms with Gasteiger partial charge in [-0.1, -0.05) is 29.3 Å². The van der Waals surface area contributed by atoms with Crippen LogP contribution in [0.1, 0.15) is 36.5 Å². The van der Waals surface area contributed by atoms with Crippen molar-refractivity contribution in [3.8, 4) is 0 Å². The highest BCUT2D eigenvalue weighted by Crippen LogP contribution is 2.26. The molecule has 1 unspecified atom stereocenters. The molecule has 0 spiro atoms. The Morgan fingerprint density at radius 1 is 1.22 bits per heavy atom. The van der Waals surface area contributed by atoms with Gasteiger partial charge in [-0.25, -0.2) is 0 Å². The van der Waals surface area contributed by atoms with Gasteiger partial charge in [-0.05, 0) is 46.2 Å². The first-order valence-corrected chi connectivity index (χ1v) is 7.06. The van der Waals surface area contributed by atoms with E-state index in [1.54, 1.807) is 0 Å². The molecule has 1 saturated carbocycles.